The minimum atomic E-state index is -0.210. The number of nitrogens with one attached hydrogen (secondary N) is 2. The van der Waals surface area contributed by atoms with E-state index in [9.17, 15) is 9.59 Å². The second-order valence-electron chi connectivity index (χ2n) is 6.91. The number of hydrogen-bond donors (Lipinski definition) is 2. The van der Waals surface area contributed by atoms with Crippen molar-refractivity contribution >= 4 is 23.2 Å². The lowest BCUT2D eigenvalue weighted by Gasteiger charge is -2.25. The van der Waals surface area contributed by atoms with Crippen LogP contribution in [0.15, 0.2) is 54.6 Å². The first-order chi connectivity index (χ1) is 13.2. The molecule has 5 nitrogen and oxygen atoms in total. The normalized spacial score (nSPS) is 14.3. The number of benzene rings is 2. The molecule has 1 heterocycles. The van der Waals surface area contributed by atoms with Gasteiger partial charge in [-0.1, -0.05) is 55.3 Å². The molecule has 0 radical (unpaired) electrons. The SMILES string of the molecule is O=C(Cc1ccccc1)NCC(=O)Nc1ccccc1N1CCCCCC1. The van der Waals surface area contributed by atoms with Crippen LogP contribution in [-0.2, 0) is 16.0 Å². The summed E-state index contributed by atoms with van der Waals surface area (Å²) >= 11 is 0. The highest BCUT2D eigenvalue weighted by atomic mass is 16.2. The number of amides is 2. The van der Waals surface area contributed by atoms with E-state index < -0.39 is 0 Å². The summed E-state index contributed by atoms with van der Waals surface area (Å²) in [7, 11) is 0. The van der Waals surface area contributed by atoms with Crippen molar-refractivity contribution in [2.75, 3.05) is 29.9 Å². The molecule has 0 aliphatic carbocycles. The molecule has 3 rings (SSSR count). The second-order valence-corrected chi connectivity index (χ2v) is 6.91. The summed E-state index contributed by atoms with van der Waals surface area (Å²) in [4.78, 5) is 26.7. The maximum atomic E-state index is 12.3. The van der Waals surface area contributed by atoms with Crippen molar-refractivity contribution in [3.05, 3.63) is 60.2 Å². The molecule has 1 fully saturated rings. The minimum absolute atomic E-state index is 0.0278. The van der Waals surface area contributed by atoms with Gasteiger partial charge < -0.3 is 15.5 Å². The standard InChI is InChI=1S/C22H27N3O2/c26-21(16-18-10-4-3-5-11-18)23-17-22(27)24-19-12-6-7-13-20(19)25-14-8-1-2-9-15-25/h3-7,10-13H,1-2,8-9,14-17H2,(H,23,26)(H,24,27). The first-order valence-electron chi connectivity index (χ1n) is 9.67. The van der Waals surface area contributed by atoms with Crippen molar-refractivity contribution in [3.8, 4) is 0 Å². The highest BCUT2D eigenvalue weighted by Crippen LogP contribution is 2.27. The Bertz CT molecular complexity index is 753. The topological polar surface area (TPSA) is 61.4 Å². The van der Waals surface area contributed by atoms with Gasteiger partial charge in [0.2, 0.25) is 11.8 Å². The van der Waals surface area contributed by atoms with Gasteiger partial charge in [-0.15, -0.1) is 0 Å². The average Bonchev–Trinajstić information content (AvgIpc) is 2.97. The van der Waals surface area contributed by atoms with E-state index in [0.29, 0.717) is 0 Å². The zero-order valence-corrected chi connectivity index (χ0v) is 15.6. The van der Waals surface area contributed by atoms with Crippen molar-refractivity contribution in [3.63, 3.8) is 0 Å². The number of para-hydroxylation sites is 2. The molecule has 142 valence electrons. The van der Waals surface area contributed by atoms with Crippen LogP contribution in [-0.4, -0.2) is 31.4 Å². The molecule has 1 aliphatic heterocycles. The van der Waals surface area contributed by atoms with E-state index in [4.69, 9.17) is 0 Å². The summed E-state index contributed by atoms with van der Waals surface area (Å²) in [5.41, 5.74) is 2.80. The minimum Gasteiger partial charge on any atom is -0.370 e. The van der Waals surface area contributed by atoms with Gasteiger partial charge in [0.15, 0.2) is 0 Å². The Kier molecular flexibility index (Phi) is 6.85. The maximum Gasteiger partial charge on any atom is 0.243 e. The predicted molar refractivity (Wildman–Crippen MR) is 109 cm³/mol. The molecule has 2 amide bonds. The lowest BCUT2D eigenvalue weighted by atomic mass is 10.1. The van der Waals surface area contributed by atoms with E-state index in [2.05, 4.69) is 21.6 Å². The Balaban J connectivity index is 1.54. The fourth-order valence-electron chi connectivity index (χ4n) is 3.38. The summed E-state index contributed by atoms with van der Waals surface area (Å²) in [5.74, 6) is -0.365. The smallest absolute Gasteiger partial charge is 0.243 e. The van der Waals surface area contributed by atoms with Crippen LogP contribution in [0.25, 0.3) is 0 Å². The first-order valence-corrected chi connectivity index (χ1v) is 9.67. The summed E-state index contributed by atoms with van der Waals surface area (Å²) < 4.78 is 0. The molecule has 0 bridgehead atoms. The largest absolute Gasteiger partial charge is 0.370 e. The Hall–Kier alpha value is -2.82. The predicted octanol–water partition coefficient (Wildman–Crippen LogP) is 3.36. The molecule has 0 unspecified atom stereocenters. The Labute approximate surface area is 160 Å². The number of rotatable bonds is 6. The maximum absolute atomic E-state index is 12.3. The van der Waals surface area contributed by atoms with Gasteiger partial charge in [0, 0.05) is 13.1 Å². The van der Waals surface area contributed by atoms with Crippen LogP contribution in [0.2, 0.25) is 0 Å². The highest BCUT2D eigenvalue weighted by molar-refractivity contribution is 5.97. The van der Waals surface area contributed by atoms with E-state index in [0.717, 1.165) is 30.0 Å². The van der Waals surface area contributed by atoms with Gasteiger partial charge in [0.25, 0.3) is 0 Å². The van der Waals surface area contributed by atoms with Crippen molar-refractivity contribution in [1.29, 1.82) is 0 Å². The molecule has 2 aromatic carbocycles. The Morgan fingerprint density at radius 1 is 0.815 bits per heavy atom. The van der Waals surface area contributed by atoms with Crippen molar-refractivity contribution < 1.29 is 9.59 Å². The van der Waals surface area contributed by atoms with E-state index >= 15 is 0 Å². The quantitative estimate of drug-likeness (QED) is 0.825. The van der Waals surface area contributed by atoms with Gasteiger partial charge in [-0.25, -0.2) is 0 Å². The summed E-state index contributed by atoms with van der Waals surface area (Å²) in [6.45, 7) is 2.00. The number of carbonyl (C=O) groups is 2. The van der Waals surface area contributed by atoms with E-state index in [1.165, 1.54) is 25.7 Å². The molecule has 0 spiro atoms. The van der Waals surface area contributed by atoms with Crippen LogP contribution in [0.4, 0.5) is 11.4 Å². The van der Waals surface area contributed by atoms with Crippen molar-refractivity contribution in [2.45, 2.75) is 32.1 Å². The summed E-state index contributed by atoms with van der Waals surface area (Å²) in [6, 6.07) is 17.4. The zero-order valence-electron chi connectivity index (χ0n) is 15.6. The second kappa shape index (κ2) is 9.76. The molecule has 1 saturated heterocycles. The molecular weight excluding hydrogens is 338 g/mol. The number of hydrogen-bond acceptors (Lipinski definition) is 3. The van der Waals surface area contributed by atoms with Crippen LogP contribution in [0.3, 0.4) is 0 Å². The molecule has 1 aliphatic rings. The van der Waals surface area contributed by atoms with Crippen molar-refractivity contribution in [1.82, 2.24) is 5.32 Å². The number of nitrogens with zero attached hydrogens (tertiary/aromatic N) is 1. The third kappa shape index (κ3) is 5.84. The fraction of sp³-hybridized carbons (Fsp3) is 0.364. The molecular formula is C22H27N3O2. The Morgan fingerprint density at radius 2 is 1.48 bits per heavy atom. The van der Waals surface area contributed by atoms with Gasteiger partial charge in [-0.3, -0.25) is 9.59 Å². The van der Waals surface area contributed by atoms with E-state index in [-0.39, 0.29) is 24.8 Å². The van der Waals surface area contributed by atoms with Crippen LogP contribution >= 0.6 is 0 Å². The van der Waals surface area contributed by atoms with Crippen LogP contribution in [0.5, 0.6) is 0 Å². The lowest BCUT2D eigenvalue weighted by molar-refractivity contribution is -0.123. The third-order valence-corrected chi connectivity index (χ3v) is 4.78. The average molecular weight is 365 g/mol. The lowest BCUT2D eigenvalue weighted by Crippen LogP contribution is -2.34. The van der Waals surface area contributed by atoms with Crippen LogP contribution in [0, 0.1) is 0 Å². The third-order valence-electron chi connectivity index (χ3n) is 4.78. The van der Waals surface area contributed by atoms with Crippen LogP contribution in [0.1, 0.15) is 31.2 Å². The van der Waals surface area contributed by atoms with Crippen molar-refractivity contribution in [2.24, 2.45) is 0 Å². The van der Waals surface area contributed by atoms with E-state index in [1.807, 2.05) is 48.5 Å². The highest BCUT2D eigenvalue weighted by Gasteiger charge is 2.15. The number of anilines is 2. The molecule has 5 heteroatoms. The Morgan fingerprint density at radius 3 is 2.22 bits per heavy atom. The summed E-state index contributed by atoms with van der Waals surface area (Å²) in [6.07, 6.45) is 5.16. The number of carbonyl (C=O) groups excluding carboxylic acids is 2. The van der Waals surface area contributed by atoms with Gasteiger partial charge in [-0.05, 0) is 30.5 Å². The van der Waals surface area contributed by atoms with Gasteiger partial charge in [-0.2, -0.15) is 0 Å². The van der Waals surface area contributed by atoms with Gasteiger partial charge in [0.1, 0.15) is 0 Å². The molecule has 0 atom stereocenters. The fourth-order valence-corrected chi connectivity index (χ4v) is 3.38. The molecule has 27 heavy (non-hydrogen) atoms. The molecule has 2 N–H and O–H groups in total. The van der Waals surface area contributed by atoms with Gasteiger partial charge in [0.05, 0.1) is 24.3 Å². The molecule has 0 saturated carbocycles. The zero-order chi connectivity index (χ0) is 18.9. The molecule has 2 aromatic rings. The molecule has 0 aromatic heterocycles. The van der Waals surface area contributed by atoms with E-state index in [1.54, 1.807) is 0 Å². The first kappa shape index (κ1) is 19.0. The van der Waals surface area contributed by atoms with Gasteiger partial charge >= 0.3 is 0 Å². The monoisotopic (exact) mass is 365 g/mol. The summed E-state index contributed by atoms with van der Waals surface area (Å²) in [5, 5.41) is 5.65. The van der Waals surface area contributed by atoms with Crippen LogP contribution < -0.4 is 15.5 Å².